The number of carbonyl (C=O) groups is 1. The molecule has 1 aromatic heterocycles. The number of ether oxygens (including phenoxy) is 2. The van der Waals surface area contributed by atoms with Gasteiger partial charge in [0.05, 0.1) is 16.4 Å². The van der Waals surface area contributed by atoms with Crippen LogP contribution in [0.15, 0.2) is 29.3 Å². The standard InChI is InChI=1S/C17H13N5O3S/c1-9(26-17-11(7-19)4-10(6-18)15(20)22-17)16(23)21-12-2-3-13-14(5-12)25-8-24-13/h2-5,9H,8H2,1H3,(H2,20,22)(H,21,23)/t9-/m1/s1. The lowest BCUT2D eigenvalue weighted by Gasteiger charge is -2.13. The Morgan fingerprint density at radius 2 is 2.00 bits per heavy atom. The van der Waals surface area contributed by atoms with Gasteiger partial charge in [-0.2, -0.15) is 10.5 Å². The first-order valence-corrected chi connectivity index (χ1v) is 8.37. The number of hydrogen-bond acceptors (Lipinski definition) is 8. The number of carbonyl (C=O) groups excluding carboxylic acids is 1. The van der Waals surface area contributed by atoms with Crippen molar-refractivity contribution in [3.63, 3.8) is 0 Å². The number of benzene rings is 1. The van der Waals surface area contributed by atoms with Crippen molar-refractivity contribution in [1.29, 1.82) is 10.5 Å². The zero-order valence-corrected chi connectivity index (χ0v) is 14.5. The third-order valence-corrected chi connectivity index (χ3v) is 4.66. The fourth-order valence-electron chi connectivity index (χ4n) is 2.21. The summed E-state index contributed by atoms with van der Waals surface area (Å²) in [4.78, 5) is 16.5. The second-order valence-corrected chi connectivity index (χ2v) is 6.64. The molecule has 2 aromatic rings. The third-order valence-electron chi connectivity index (χ3n) is 3.56. The molecule has 0 aliphatic carbocycles. The van der Waals surface area contributed by atoms with Crippen LogP contribution in [0.1, 0.15) is 18.1 Å². The number of amides is 1. The maximum Gasteiger partial charge on any atom is 0.237 e. The Morgan fingerprint density at radius 1 is 1.27 bits per heavy atom. The Morgan fingerprint density at radius 3 is 2.73 bits per heavy atom. The first-order valence-electron chi connectivity index (χ1n) is 7.49. The molecular weight excluding hydrogens is 354 g/mol. The van der Waals surface area contributed by atoms with Gasteiger partial charge in [0.15, 0.2) is 11.5 Å². The number of thioether (sulfide) groups is 1. The van der Waals surface area contributed by atoms with Crippen molar-refractivity contribution in [2.75, 3.05) is 17.8 Å². The van der Waals surface area contributed by atoms with E-state index in [-0.39, 0.29) is 29.6 Å². The van der Waals surface area contributed by atoms with Crippen LogP contribution in [0.4, 0.5) is 11.5 Å². The minimum Gasteiger partial charge on any atom is -0.454 e. The molecule has 1 aliphatic rings. The second-order valence-electron chi connectivity index (χ2n) is 5.31. The SMILES string of the molecule is C[C@@H](Sc1nc(N)c(C#N)cc1C#N)C(=O)Nc1ccc2c(c1)OCO2. The van der Waals surface area contributed by atoms with Crippen molar-refractivity contribution >= 4 is 29.2 Å². The Hall–Kier alpha value is -3.43. The van der Waals surface area contributed by atoms with Crippen molar-refractivity contribution in [2.45, 2.75) is 17.2 Å². The molecule has 130 valence electrons. The summed E-state index contributed by atoms with van der Waals surface area (Å²) in [7, 11) is 0. The molecule has 3 rings (SSSR count). The van der Waals surface area contributed by atoms with Crippen LogP contribution in [0.25, 0.3) is 0 Å². The zero-order valence-electron chi connectivity index (χ0n) is 13.6. The van der Waals surface area contributed by atoms with Gasteiger partial charge in [-0.1, -0.05) is 11.8 Å². The van der Waals surface area contributed by atoms with Gasteiger partial charge in [0.1, 0.15) is 23.0 Å². The zero-order chi connectivity index (χ0) is 18.7. The Bertz CT molecular complexity index is 964. The van der Waals surface area contributed by atoms with E-state index in [9.17, 15) is 10.1 Å². The van der Waals surface area contributed by atoms with E-state index in [1.807, 2.05) is 12.1 Å². The van der Waals surface area contributed by atoms with E-state index in [1.54, 1.807) is 25.1 Å². The number of nitriles is 2. The van der Waals surface area contributed by atoms with E-state index in [0.717, 1.165) is 11.8 Å². The summed E-state index contributed by atoms with van der Waals surface area (Å²) >= 11 is 1.09. The van der Waals surface area contributed by atoms with Crippen LogP contribution in [0.5, 0.6) is 11.5 Å². The van der Waals surface area contributed by atoms with E-state index in [4.69, 9.17) is 20.5 Å². The van der Waals surface area contributed by atoms with Crippen LogP contribution in [-0.2, 0) is 4.79 Å². The molecule has 1 amide bonds. The smallest absolute Gasteiger partial charge is 0.237 e. The van der Waals surface area contributed by atoms with Gasteiger partial charge in [-0.15, -0.1) is 0 Å². The molecule has 0 saturated carbocycles. The van der Waals surface area contributed by atoms with E-state index in [2.05, 4.69) is 10.3 Å². The number of anilines is 2. The van der Waals surface area contributed by atoms with Crippen LogP contribution >= 0.6 is 11.8 Å². The highest BCUT2D eigenvalue weighted by molar-refractivity contribution is 8.00. The summed E-state index contributed by atoms with van der Waals surface area (Å²) in [5.74, 6) is 0.942. The minimum absolute atomic E-state index is 0.0254. The van der Waals surface area contributed by atoms with Crippen molar-refractivity contribution in [3.8, 4) is 23.6 Å². The van der Waals surface area contributed by atoms with Crippen LogP contribution in [-0.4, -0.2) is 22.9 Å². The largest absolute Gasteiger partial charge is 0.454 e. The first kappa shape index (κ1) is 17.4. The molecule has 0 bridgehead atoms. The number of nitrogens with two attached hydrogens (primary N) is 1. The molecule has 9 heteroatoms. The fourth-order valence-corrected chi connectivity index (χ4v) is 3.09. The summed E-state index contributed by atoms with van der Waals surface area (Å²) in [6.45, 7) is 1.84. The molecule has 1 aromatic carbocycles. The number of rotatable bonds is 4. The number of hydrogen-bond donors (Lipinski definition) is 2. The quantitative estimate of drug-likeness (QED) is 0.786. The predicted molar refractivity (Wildman–Crippen MR) is 94.6 cm³/mol. The Balaban J connectivity index is 1.73. The lowest BCUT2D eigenvalue weighted by atomic mass is 10.2. The van der Waals surface area contributed by atoms with Crippen LogP contribution in [0.3, 0.4) is 0 Å². The number of pyridine rings is 1. The molecular formula is C17H13N5O3S. The van der Waals surface area contributed by atoms with Gasteiger partial charge in [-0.25, -0.2) is 4.98 Å². The van der Waals surface area contributed by atoms with Gasteiger partial charge in [0.25, 0.3) is 0 Å². The maximum absolute atomic E-state index is 12.4. The molecule has 0 saturated heterocycles. The molecule has 1 aliphatic heterocycles. The van der Waals surface area contributed by atoms with Crippen molar-refractivity contribution < 1.29 is 14.3 Å². The molecule has 0 unspecified atom stereocenters. The highest BCUT2D eigenvalue weighted by atomic mass is 32.2. The highest BCUT2D eigenvalue weighted by Crippen LogP contribution is 2.34. The van der Waals surface area contributed by atoms with E-state index < -0.39 is 5.25 Å². The van der Waals surface area contributed by atoms with Gasteiger partial charge in [-0.3, -0.25) is 4.79 Å². The number of aromatic nitrogens is 1. The highest BCUT2D eigenvalue weighted by Gasteiger charge is 2.20. The van der Waals surface area contributed by atoms with Crippen LogP contribution in [0.2, 0.25) is 0 Å². The molecule has 1 atom stereocenters. The molecule has 0 spiro atoms. The number of fused-ring (bicyclic) bond motifs is 1. The van der Waals surface area contributed by atoms with Gasteiger partial charge < -0.3 is 20.5 Å². The molecule has 26 heavy (non-hydrogen) atoms. The van der Waals surface area contributed by atoms with Crippen LogP contribution < -0.4 is 20.5 Å². The molecule has 8 nitrogen and oxygen atoms in total. The Labute approximate surface area is 153 Å². The minimum atomic E-state index is -0.549. The lowest BCUT2D eigenvalue weighted by molar-refractivity contribution is -0.115. The van der Waals surface area contributed by atoms with Gasteiger partial charge in [0.2, 0.25) is 12.7 Å². The summed E-state index contributed by atoms with van der Waals surface area (Å²) in [6, 6.07) is 10.3. The third kappa shape index (κ3) is 3.48. The predicted octanol–water partition coefficient (Wildman–Crippen LogP) is 2.26. The second kappa shape index (κ2) is 7.21. The van der Waals surface area contributed by atoms with E-state index in [1.165, 1.54) is 6.07 Å². The average Bonchev–Trinajstić information content (AvgIpc) is 3.09. The number of nitrogen functional groups attached to an aromatic ring is 1. The lowest BCUT2D eigenvalue weighted by Crippen LogP contribution is -2.22. The summed E-state index contributed by atoms with van der Waals surface area (Å²) in [5, 5.41) is 20.7. The number of nitrogens with one attached hydrogen (secondary N) is 1. The maximum atomic E-state index is 12.4. The van der Waals surface area contributed by atoms with Crippen molar-refractivity contribution in [3.05, 3.63) is 35.4 Å². The summed E-state index contributed by atoms with van der Waals surface area (Å²) in [5.41, 5.74) is 6.60. The normalized spacial score (nSPS) is 12.7. The van der Waals surface area contributed by atoms with Gasteiger partial charge >= 0.3 is 0 Å². The van der Waals surface area contributed by atoms with Crippen LogP contribution in [0, 0.1) is 22.7 Å². The van der Waals surface area contributed by atoms with Crippen molar-refractivity contribution in [1.82, 2.24) is 4.98 Å². The average molecular weight is 367 g/mol. The van der Waals surface area contributed by atoms with Crippen molar-refractivity contribution in [2.24, 2.45) is 0 Å². The Kier molecular flexibility index (Phi) is 4.83. The van der Waals surface area contributed by atoms with Gasteiger partial charge in [-0.05, 0) is 25.1 Å². The molecule has 0 fully saturated rings. The van der Waals surface area contributed by atoms with E-state index in [0.29, 0.717) is 22.2 Å². The molecule has 0 radical (unpaired) electrons. The monoisotopic (exact) mass is 367 g/mol. The van der Waals surface area contributed by atoms with E-state index >= 15 is 0 Å². The fraction of sp³-hybridized carbons (Fsp3) is 0.176. The molecule has 2 heterocycles. The number of nitrogens with zero attached hydrogens (tertiary/aromatic N) is 3. The van der Waals surface area contributed by atoms with Gasteiger partial charge in [0, 0.05) is 11.8 Å². The first-order chi connectivity index (χ1) is 12.5. The topological polar surface area (TPSA) is 134 Å². The molecule has 3 N–H and O–H groups in total. The summed E-state index contributed by atoms with van der Waals surface area (Å²) in [6.07, 6.45) is 0. The summed E-state index contributed by atoms with van der Waals surface area (Å²) < 4.78 is 10.5.